The Hall–Kier alpha value is -1.93. The van der Waals surface area contributed by atoms with Crippen molar-refractivity contribution in [3.8, 4) is 12.3 Å². The van der Waals surface area contributed by atoms with Gasteiger partial charge < -0.3 is 5.32 Å². The molecule has 0 fully saturated rings. The van der Waals surface area contributed by atoms with Crippen molar-refractivity contribution in [1.29, 1.82) is 0 Å². The van der Waals surface area contributed by atoms with Crippen LogP contribution in [0.25, 0.3) is 0 Å². The van der Waals surface area contributed by atoms with Gasteiger partial charge in [-0.25, -0.2) is 0 Å². The van der Waals surface area contributed by atoms with Crippen LogP contribution in [0.2, 0.25) is 0 Å². The Bertz CT molecular complexity index is 438. The second-order valence-electron chi connectivity index (χ2n) is 3.11. The zero-order valence-electron chi connectivity index (χ0n) is 9.13. The Morgan fingerprint density at radius 3 is 2.82 bits per heavy atom. The molecule has 0 aliphatic heterocycles. The number of benzene rings is 1. The predicted molar refractivity (Wildman–Crippen MR) is 69.7 cm³/mol. The van der Waals surface area contributed by atoms with Crippen LogP contribution in [0.1, 0.15) is 5.56 Å². The van der Waals surface area contributed by atoms with Gasteiger partial charge in [0.25, 0.3) is 6.20 Å². The second-order valence-corrected chi connectivity index (χ2v) is 4.13. The van der Waals surface area contributed by atoms with Gasteiger partial charge in [0.05, 0.1) is 11.5 Å². The molecule has 17 heavy (non-hydrogen) atoms. The molecule has 88 valence electrons. The van der Waals surface area contributed by atoms with E-state index in [9.17, 15) is 10.1 Å². The topological polar surface area (TPSA) is 55.2 Å². The van der Waals surface area contributed by atoms with Crippen molar-refractivity contribution in [3.05, 3.63) is 57.2 Å². The number of hydrogen-bond donors (Lipinski definition) is 1. The van der Waals surface area contributed by atoms with E-state index in [1.54, 1.807) is 0 Å². The first kappa shape index (κ1) is 13.1. The van der Waals surface area contributed by atoms with Crippen LogP contribution in [-0.4, -0.2) is 11.5 Å². The number of rotatable bonds is 6. The van der Waals surface area contributed by atoms with E-state index < -0.39 is 4.92 Å². The van der Waals surface area contributed by atoms with Crippen LogP contribution < -0.4 is 5.32 Å². The van der Waals surface area contributed by atoms with E-state index in [0.29, 0.717) is 10.8 Å². The van der Waals surface area contributed by atoms with Gasteiger partial charge >= 0.3 is 0 Å². The Morgan fingerprint density at radius 1 is 1.53 bits per heavy atom. The number of thioether (sulfide) groups is 1. The molecule has 1 N–H and O–H groups in total. The van der Waals surface area contributed by atoms with Gasteiger partial charge in [-0.15, -0.1) is 6.42 Å². The summed E-state index contributed by atoms with van der Waals surface area (Å²) < 4.78 is 0. The van der Waals surface area contributed by atoms with Crippen molar-refractivity contribution in [3.63, 3.8) is 0 Å². The molecule has 0 saturated carbocycles. The van der Waals surface area contributed by atoms with E-state index in [4.69, 9.17) is 6.42 Å². The van der Waals surface area contributed by atoms with E-state index in [2.05, 4.69) is 11.2 Å². The molecule has 1 rings (SSSR count). The van der Waals surface area contributed by atoms with E-state index in [1.165, 1.54) is 11.8 Å². The maximum atomic E-state index is 10.4. The second kappa shape index (κ2) is 7.36. The molecule has 0 aliphatic carbocycles. The summed E-state index contributed by atoms with van der Waals surface area (Å²) in [5.41, 5.74) is 1.11. The largest absolute Gasteiger partial charge is 0.364 e. The first-order valence-corrected chi connectivity index (χ1v) is 5.90. The standard InChI is InChI=1S/C12H12N2O2S/c1-2-8-13-12(9-14(15)16)17-10-11-6-4-3-5-7-11/h1,3-7,9,13H,8,10H2. The SMILES string of the molecule is C#CCNC(=C[N+](=O)[O-])SCc1ccccc1. The van der Waals surface area contributed by atoms with Gasteiger partial charge in [0.15, 0.2) is 0 Å². The van der Waals surface area contributed by atoms with Crippen LogP contribution in [0.4, 0.5) is 0 Å². The fourth-order valence-corrected chi connectivity index (χ4v) is 1.95. The highest BCUT2D eigenvalue weighted by atomic mass is 32.2. The summed E-state index contributed by atoms with van der Waals surface area (Å²) in [6.45, 7) is 0.279. The highest BCUT2D eigenvalue weighted by Gasteiger charge is 2.03. The normalized spacial score (nSPS) is 10.6. The molecule has 0 aromatic heterocycles. The third-order valence-corrected chi connectivity index (χ3v) is 2.86. The molecule has 0 aliphatic rings. The Morgan fingerprint density at radius 2 is 2.24 bits per heavy atom. The van der Waals surface area contributed by atoms with Crippen LogP contribution in [0.15, 0.2) is 41.6 Å². The minimum atomic E-state index is -0.489. The molecular weight excluding hydrogens is 236 g/mol. The fraction of sp³-hybridized carbons (Fsp3) is 0.167. The molecule has 4 nitrogen and oxygen atoms in total. The van der Waals surface area contributed by atoms with Crippen LogP contribution in [0.3, 0.4) is 0 Å². The molecule has 1 aromatic rings. The maximum Gasteiger partial charge on any atom is 0.264 e. The summed E-state index contributed by atoms with van der Waals surface area (Å²) in [7, 11) is 0. The molecular formula is C12H12N2O2S. The van der Waals surface area contributed by atoms with E-state index in [-0.39, 0.29) is 6.54 Å². The van der Waals surface area contributed by atoms with Crippen molar-refractivity contribution in [2.75, 3.05) is 6.54 Å². The first-order valence-electron chi connectivity index (χ1n) is 4.91. The van der Waals surface area contributed by atoms with Gasteiger partial charge in [-0.3, -0.25) is 10.1 Å². The van der Waals surface area contributed by atoms with Crippen LogP contribution >= 0.6 is 11.8 Å². The van der Waals surface area contributed by atoms with Gasteiger partial charge in [-0.2, -0.15) is 0 Å². The molecule has 0 spiro atoms. The van der Waals surface area contributed by atoms with E-state index >= 15 is 0 Å². The molecule has 1 aromatic carbocycles. The zero-order chi connectivity index (χ0) is 12.5. The number of nitrogens with zero attached hydrogens (tertiary/aromatic N) is 1. The number of terminal acetylenes is 1. The summed E-state index contributed by atoms with van der Waals surface area (Å²) in [6, 6.07) is 9.73. The lowest BCUT2D eigenvalue weighted by atomic mass is 10.2. The zero-order valence-corrected chi connectivity index (χ0v) is 9.94. The molecule has 0 radical (unpaired) electrons. The van der Waals surface area contributed by atoms with Crippen molar-refractivity contribution in [1.82, 2.24) is 5.32 Å². The van der Waals surface area contributed by atoms with Crippen molar-refractivity contribution in [2.24, 2.45) is 0 Å². The average Bonchev–Trinajstić information content (AvgIpc) is 2.33. The molecule has 0 unspecified atom stereocenters. The molecule has 0 heterocycles. The number of nitrogens with one attached hydrogen (secondary N) is 1. The summed E-state index contributed by atoms with van der Waals surface area (Å²) in [5, 5.41) is 13.7. The number of hydrogen-bond acceptors (Lipinski definition) is 4. The van der Waals surface area contributed by atoms with Gasteiger partial charge in [-0.1, -0.05) is 48.0 Å². The Kier molecular flexibility index (Phi) is 5.69. The molecule has 5 heteroatoms. The van der Waals surface area contributed by atoms with Gasteiger partial charge in [0.1, 0.15) is 5.03 Å². The highest BCUT2D eigenvalue weighted by molar-refractivity contribution is 8.02. The average molecular weight is 248 g/mol. The summed E-state index contributed by atoms with van der Waals surface area (Å²) >= 11 is 1.36. The van der Waals surface area contributed by atoms with Crippen LogP contribution in [-0.2, 0) is 5.75 Å². The van der Waals surface area contributed by atoms with Crippen molar-refractivity contribution < 1.29 is 4.92 Å². The highest BCUT2D eigenvalue weighted by Crippen LogP contribution is 2.18. The summed E-state index contributed by atoms with van der Waals surface area (Å²) in [4.78, 5) is 9.92. The quantitative estimate of drug-likeness (QED) is 0.476. The van der Waals surface area contributed by atoms with Gasteiger partial charge in [0, 0.05) is 5.75 Å². The first-order chi connectivity index (χ1) is 8.22. The predicted octanol–water partition coefficient (Wildman–Crippen LogP) is 2.22. The molecule has 0 bridgehead atoms. The van der Waals surface area contributed by atoms with Crippen LogP contribution in [0.5, 0.6) is 0 Å². The molecule has 0 amide bonds. The molecule has 0 saturated heterocycles. The third kappa shape index (κ3) is 5.64. The summed E-state index contributed by atoms with van der Waals surface area (Å²) in [6.07, 6.45) is 6.03. The smallest absolute Gasteiger partial charge is 0.264 e. The van der Waals surface area contributed by atoms with E-state index in [0.717, 1.165) is 11.8 Å². The van der Waals surface area contributed by atoms with Crippen molar-refractivity contribution in [2.45, 2.75) is 5.75 Å². The fourth-order valence-electron chi connectivity index (χ4n) is 1.10. The van der Waals surface area contributed by atoms with Crippen LogP contribution in [0, 0.1) is 22.5 Å². The maximum absolute atomic E-state index is 10.4. The monoisotopic (exact) mass is 248 g/mol. The lowest BCUT2D eigenvalue weighted by molar-refractivity contribution is -0.403. The molecule has 0 atom stereocenters. The van der Waals surface area contributed by atoms with Gasteiger partial charge in [0.2, 0.25) is 0 Å². The Balaban J connectivity index is 2.56. The summed E-state index contributed by atoms with van der Waals surface area (Å²) in [5.74, 6) is 3.05. The van der Waals surface area contributed by atoms with Crippen molar-refractivity contribution >= 4 is 11.8 Å². The minimum absolute atomic E-state index is 0.279. The van der Waals surface area contributed by atoms with Gasteiger partial charge in [-0.05, 0) is 5.56 Å². The lowest BCUT2D eigenvalue weighted by Gasteiger charge is -2.05. The minimum Gasteiger partial charge on any atom is -0.364 e. The lowest BCUT2D eigenvalue weighted by Crippen LogP contribution is -2.12. The third-order valence-electron chi connectivity index (χ3n) is 1.82. The van der Waals surface area contributed by atoms with E-state index in [1.807, 2.05) is 30.3 Å². The Labute approximate surface area is 104 Å². The number of nitro groups is 1.